The van der Waals surface area contributed by atoms with Crippen LogP contribution in [-0.4, -0.2) is 18.8 Å². The minimum atomic E-state index is -4.02. The molecule has 0 aromatic heterocycles. The van der Waals surface area contributed by atoms with Gasteiger partial charge in [-0.25, -0.2) is 0 Å². The molecule has 0 radical (unpaired) electrons. The maximum absolute atomic E-state index is 10.5. The molecule has 1 N–H and O–H groups in total. The van der Waals surface area contributed by atoms with Crippen LogP contribution in [-0.2, 0) is 14.9 Å². The van der Waals surface area contributed by atoms with E-state index in [2.05, 4.69) is 6.92 Å². The van der Waals surface area contributed by atoms with E-state index in [9.17, 15) is 13.2 Å². The minimum absolute atomic E-state index is 0.0666. The van der Waals surface area contributed by atoms with Gasteiger partial charge in [0.05, 0.1) is 4.90 Å². The summed E-state index contributed by atoms with van der Waals surface area (Å²) in [5.41, 5.74) is 0.956. The molecule has 0 saturated carbocycles. The van der Waals surface area contributed by atoms with Crippen molar-refractivity contribution in [1.29, 1.82) is 0 Å². The fourth-order valence-electron chi connectivity index (χ4n) is 1.51. The molecule has 1 aromatic carbocycles. The first kappa shape index (κ1) is 18.8. The maximum atomic E-state index is 10.5. The van der Waals surface area contributed by atoms with Gasteiger partial charge in [-0.2, -0.15) is 8.42 Å². The second-order valence-electron chi connectivity index (χ2n) is 4.80. The molecule has 0 heterocycles. The Morgan fingerprint density at radius 3 is 2.05 bits per heavy atom. The molecule has 0 aliphatic carbocycles. The van der Waals surface area contributed by atoms with Gasteiger partial charge in [-0.05, 0) is 32.4 Å². The Morgan fingerprint density at radius 2 is 1.65 bits per heavy atom. The summed E-state index contributed by atoms with van der Waals surface area (Å²) in [7, 11) is -4.02. The van der Waals surface area contributed by atoms with Crippen LogP contribution in [0.3, 0.4) is 0 Å². The van der Waals surface area contributed by atoms with Gasteiger partial charge in [0.15, 0.2) is 0 Å². The van der Waals surface area contributed by atoms with Crippen LogP contribution < -0.4 is 0 Å². The molecular formula is C15H24O4S. The van der Waals surface area contributed by atoms with Crippen molar-refractivity contribution in [3.05, 3.63) is 29.8 Å². The predicted molar refractivity (Wildman–Crippen MR) is 80.4 cm³/mol. The molecule has 114 valence electrons. The van der Waals surface area contributed by atoms with Crippen molar-refractivity contribution in [1.82, 2.24) is 0 Å². The van der Waals surface area contributed by atoms with Crippen molar-refractivity contribution in [3.8, 4) is 0 Å². The topological polar surface area (TPSA) is 71.4 Å². The van der Waals surface area contributed by atoms with Gasteiger partial charge in [-0.1, -0.05) is 43.9 Å². The van der Waals surface area contributed by atoms with Crippen molar-refractivity contribution < 1.29 is 17.8 Å². The Kier molecular flexibility index (Phi) is 9.08. The van der Waals surface area contributed by atoms with Crippen LogP contribution in [0.2, 0.25) is 0 Å². The molecule has 5 heteroatoms. The average Bonchev–Trinajstić information content (AvgIpc) is 2.35. The van der Waals surface area contributed by atoms with Gasteiger partial charge in [0.2, 0.25) is 0 Å². The zero-order valence-electron chi connectivity index (χ0n) is 12.4. The molecule has 0 bridgehead atoms. The molecule has 0 amide bonds. The van der Waals surface area contributed by atoms with Crippen molar-refractivity contribution >= 4 is 15.9 Å². The Labute approximate surface area is 122 Å². The normalized spacial score (nSPS) is 10.6. The lowest BCUT2D eigenvalue weighted by Crippen LogP contribution is -1.96. The summed E-state index contributed by atoms with van der Waals surface area (Å²) in [6.45, 7) is 5.67. The summed E-state index contributed by atoms with van der Waals surface area (Å²) in [6, 6.07) is 5.99. The van der Waals surface area contributed by atoms with E-state index in [0.29, 0.717) is 5.78 Å². The Balaban J connectivity index is 0.000000370. The van der Waals surface area contributed by atoms with Crippen molar-refractivity contribution in [2.75, 3.05) is 0 Å². The van der Waals surface area contributed by atoms with E-state index in [1.165, 1.54) is 31.4 Å². The summed E-state index contributed by atoms with van der Waals surface area (Å²) >= 11 is 0. The number of unbranched alkanes of at least 4 members (excludes halogenated alkanes) is 3. The highest BCUT2D eigenvalue weighted by Crippen LogP contribution is 2.08. The molecule has 0 aliphatic heterocycles. The molecular weight excluding hydrogens is 276 g/mol. The monoisotopic (exact) mass is 300 g/mol. The summed E-state index contributed by atoms with van der Waals surface area (Å²) in [4.78, 5) is 10.3. The fraction of sp³-hybridized carbons (Fsp3) is 0.533. The molecule has 20 heavy (non-hydrogen) atoms. The van der Waals surface area contributed by atoms with E-state index >= 15 is 0 Å². The first-order valence-electron chi connectivity index (χ1n) is 6.81. The van der Waals surface area contributed by atoms with Gasteiger partial charge in [0, 0.05) is 6.42 Å². The molecule has 0 spiro atoms. The SMILES string of the molecule is CCCCCCC(C)=O.Cc1ccc(S(=O)(=O)O)cc1. The average molecular weight is 300 g/mol. The second-order valence-corrected chi connectivity index (χ2v) is 6.22. The third kappa shape index (κ3) is 9.69. The van der Waals surface area contributed by atoms with E-state index in [0.717, 1.165) is 18.4 Å². The molecule has 4 nitrogen and oxygen atoms in total. The lowest BCUT2D eigenvalue weighted by molar-refractivity contribution is -0.117. The Morgan fingerprint density at radius 1 is 1.10 bits per heavy atom. The van der Waals surface area contributed by atoms with Crippen LogP contribution in [0.4, 0.5) is 0 Å². The van der Waals surface area contributed by atoms with Crippen LogP contribution in [0.15, 0.2) is 29.2 Å². The highest BCUT2D eigenvalue weighted by molar-refractivity contribution is 7.85. The van der Waals surface area contributed by atoms with E-state index in [4.69, 9.17) is 4.55 Å². The molecule has 0 saturated heterocycles. The molecule has 0 unspecified atom stereocenters. The van der Waals surface area contributed by atoms with Crippen LogP contribution in [0.25, 0.3) is 0 Å². The summed E-state index contributed by atoms with van der Waals surface area (Å²) < 4.78 is 29.6. The van der Waals surface area contributed by atoms with Crippen molar-refractivity contribution in [2.45, 2.75) is 57.8 Å². The van der Waals surface area contributed by atoms with Crippen molar-refractivity contribution in [2.24, 2.45) is 0 Å². The van der Waals surface area contributed by atoms with Crippen LogP contribution in [0.1, 0.15) is 51.5 Å². The molecule has 1 rings (SSSR count). The number of hydrogen-bond donors (Lipinski definition) is 1. The Hall–Kier alpha value is -1.20. The number of carbonyl (C=O) groups excluding carboxylic acids is 1. The first-order valence-corrected chi connectivity index (χ1v) is 8.25. The van der Waals surface area contributed by atoms with Gasteiger partial charge >= 0.3 is 0 Å². The Bertz CT molecular complexity index is 489. The lowest BCUT2D eigenvalue weighted by Gasteiger charge is -1.95. The van der Waals surface area contributed by atoms with Crippen LogP contribution in [0, 0.1) is 6.92 Å². The smallest absolute Gasteiger partial charge is 0.294 e. The zero-order chi connectivity index (χ0) is 15.6. The number of hydrogen-bond acceptors (Lipinski definition) is 3. The highest BCUT2D eigenvalue weighted by Gasteiger charge is 2.06. The summed E-state index contributed by atoms with van der Waals surface area (Å²) in [5, 5.41) is 0. The largest absolute Gasteiger partial charge is 0.300 e. The van der Waals surface area contributed by atoms with Crippen LogP contribution >= 0.6 is 0 Å². The standard InChI is InChI=1S/C8H16O.C7H8O3S/c1-3-4-5-6-7-8(2)9;1-6-2-4-7(5-3-6)11(8,9)10/h3-7H2,1-2H3;2-5H,1H3,(H,8,9,10). The maximum Gasteiger partial charge on any atom is 0.294 e. The third-order valence-corrected chi connectivity index (χ3v) is 3.57. The van der Waals surface area contributed by atoms with E-state index in [1.54, 1.807) is 19.1 Å². The summed E-state index contributed by atoms with van der Waals surface area (Å²) in [6.07, 6.45) is 5.60. The van der Waals surface area contributed by atoms with Gasteiger partial charge in [0.1, 0.15) is 5.78 Å². The van der Waals surface area contributed by atoms with Gasteiger partial charge in [0.25, 0.3) is 10.1 Å². The van der Waals surface area contributed by atoms with E-state index in [1.807, 2.05) is 6.92 Å². The number of carbonyl (C=O) groups is 1. The minimum Gasteiger partial charge on any atom is -0.300 e. The number of ketones is 1. The second kappa shape index (κ2) is 9.66. The molecule has 1 aromatic rings. The van der Waals surface area contributed by atoms with Gasteiger partial charge in [-0.3, -0.25) is 4.55 Å². The number of Topliss-reactive ketones (excluding diaryl/α,β-unsaturated/α-hetero) is 1. The molecule has 0 aliphatic rings. The lowest BCUT2D eigenvalue weighted by atomic mass is 10.1. The fourth-order valence-corrected chi connectivity index (χ4v) is 1.99. The molecule has 0 atom stereocenters. The van der Waals surface area contributed by atoms with Crippen LogP contribution in [0.5, 0.6) is 0 Å². The quantitative estimate of drug-likeness (QED) is 0.641. The highest BCUT2D eigenvalue weighted by atomic mass is 32.2. The number of benzene rings is 1. The van der Waals surface area contributed by atoms with Gasteiger partial charge < -0.3 is 4.79 Å². The number of rotatable bonds is 6. The predicted octanol–water partition coefficient (Wildman–Crippen LogP) is 3.79. The summed E-state index contributed by atoms with van der Waals surface area (Å²) in [5.74, 6) is 0.325. The zero-order valence-corrected chi connectivity index (χ0v) is 13.2. The third-order valence-electron chi connectivity index (χ3n) is 2.70. The van der Waals surface area contributed by atoms with Gasteiger partial charge in [-0.15, -0.1) is 0 Å². The molecule has 0 fully saturated rings. The first-order chi connectivity index (χ1) is 9.27. The number of aryl methyl sites for hydroxylation is 1. The van der Waals surface area contributed by atoms with E-state index in [-0.39, 0.29) is 4.90 Å². The van der Waals surface area contributed by atoms with Crippen molar-refractivity contribution in [3.63, 3.8) is 0 Å². The van der Waals surface area contributed by atoms with E-state index < -0.39 is 10.1 Å².